The Morgan fingerprint density at radius 2 is 1.97 bits per heavy atom. The van der Waals surface area contributed by atoms with Gasteiger partial charge >= 0.3 is 11.9 Å². The number of pyridine rings is 1. The molecule has 208 valence electrons. The molecule has 1 aliphatic rings. The molecule has 38 heavy (non-hydrogen) atoms. The lowest BCUT2D eigenvalue weighted by Crippen LogP contribution is -2.54. The number of alkyl halides is 3. The van der Waals surface area contributed by atoms with Crippen molar-refractivity contribution in [1.82, 2.24) is 18.9 Å². The van der Waals surface area contributed by atoms with Crippen LogP contribution in [0.4, 0.5) is 13.2 Å². The quantitative estimate of drug-likeness (QED) is 0.367. The van der Waals surface area contributed by atoms with Gasteiger partial charge in [-0.05, 0) is 46.5 Å². The van der Waals surface area contributed by atoms with Gasteiger partial charge in [0.25, 0.3) is 5.91 Å². The van der Waals surface area contributed by atoms with Crippen molar-refractivity contribution in [3.8, 4) is 5.88 Å². The van der Waals surface area contributed by atoms with E-state index in [1.807, 2.05) is 33.9 Å². The molecule has 0 radical (unpaired) electrons. The topological polar surface area (TPSA) is 102 Å². The lowest BCUT2D eigenvalue weighted by atomic mass is 10.0. The Morgan fingerprint density at radius 1 is 1.32 bits per heavy atom. The molecule has 0 aliphatic carbocycles. The monoisotopic (exact) mass is 638 g/mol. The summed E-state index contributed by atoms with van der Waals surface area (Å²) in [4.78, 5) is 31.3. The van der Waals surface area contributed by atoms with Gasteiger partial charge in [0.1, 0.15) is 5.15 Å². The molecule has 1 fully saturated rings. The minimum Gasteiger partial charge on any atom is -0.492 e. The minimum absolute atomic E-state index is 0.00685. The van der Waals surface area contributed by atoms with E-state index in [-0.39, 0.29) is 45.7 Å². The van der Waals surface area contributed by atoms with Crippen molar-refractivity contribution < 1.29 is 31.9 Å². The summed E-state index contributed by atoms with van der Waals surface area (Å²) in [5.41, 5.74) is -1.86. The predicted octanol–water partition coefficient (Wildman–Crippen LogP) is 5.71. The first-order valence-electron chi connectivity index (χ1n) is 11.7. The third-order valence-corrected chi connectivity index (χ3v) is 12.5. The number of aromatic hydroxyl groups is 1. The van der Waals surface area contributed by atoms with Crippen LogP contribution in [0.1, 0.15) is 49.3 Å². The van der Waals surface area contributed by atoms with Crippen molar-refractivity contribution in [3.63, 3.8) is 0 Å². The number of halogens is 5. The number of oxazole rings is 1. The number of carbonyl (C=O) groups is 1. The molecule has 15 heteroatoms. The highest BCUT2D eigenvalue weighted by Gasteiger charge is 2.45. The summed E-state index contributed by atoms with van der Waals surface area (Å²) in [5.74, 6) is -1.80. The summed E-state index contributed by atoms with van der Waals surface area (Å²) in [7, 11) is -2.44. The molecule has 1 N–H and O–H groups in total. The number of hydrogen-bond donors (Lipinski definition) is 1. The van der Waals surface area contributed by atoms with Crippen LogP contribution >= 0.6 is 27.5 Å². The van der Waals surface area contributed by atoms with Crippen molar-refractivity contribution in [3.05, 3.63) is 50.0 Å². The zero-order valence-corrected chi connectivity index (χ0v) is 24.6. The molecule has 9 nitrogen and oxygen atoms in total. The SMILES string of the molecule is CC(C)(C)[Si](C)(C)OC1CN(C(=O)c2nc3c(C(F)(F)F)cc(Br)cn3c2Cl)CCC1n1c(O)coc1=O. The number of likely N-dealkylation sites (tertiary alicyclic amines) is 1. The van der Waals surface area contributed by atoms with Gasteiger partial charge in [0, 0.05) is 23.8 Å². The van der Waals surface area contributed by atoms with Gasteiger partial charge in [0.05, 0.1) is 17.7 Å². The average molecular weight is 640 g/mol. The normalized spacial score (nSPS) is 19.4. The highest BCUT2D eigenvalue weighted by atomic mass is 79.9. The van der Waals surface area contributed by atoms with Crippen molar-refractivity contribution in [2.24, 2.45) is 0 Å². The second-order valence-electron chi connectivity index (χ2n) is 10.8. The number of carbonyl (C=O) groups excluding carboxylic acids is 1. The van der Waals surface area contributed by atoms with Crippen LogP contribution in [0.3, 0.4) is 0 Å². The van der Waals surface area contributed by atoms with Crippen molar-refractivity contribution >= 4 is 47.4 Å². The number of hydrogen-bond acceptors (Lipinski definition) is 6. The van der Waals surface area contributed by atoms with Crippen LogP contribution in [0.15, 0.2) is 32.2 Å². The van der Waals surface area contributed by atoms with Crippen LogP contribution in [-0.4, -0.2) is 57.4 Å². The highest BCUT2D eigenvalue weighted by Crippen LogP contribution is 2.41. The van der Waals surface area contributed by atoms with E-state index in [0.717, 1.165) is 21.3 Å². The second-order valence-corrected chi connectivity index (χ2v) is 16.8. The summed E-state index contributed by atoms with van der Waals surface area (Å²) in [6, 6.07) is 0.236. The number of nitrogens with zero attached hydrogens (tertiary/aromatic N) is 4. The first kappa shape index (κ1) is 28.7. The van der Waals surface area contributed by atoms with Crippen molar-refractivity contribution in [2.45, 2.75) is 63.6 Å². The molecule has 1 aliphatic heterocycles. The minimum atomic E-state index is -4.72. The maximum atomic E-state index is 13.7. The van der Waals surface area contributed by atoms with E-state index in [9.17, 15) is 27.9 Å². The fourth-order valence-corrected chi connectivity index (χ4v) is 6.28. The maximum Gasteiger partial charge on any atom is 0.422 e. The zero-order valence-electron chi connectivity index (χ0n) is 21.3. The number of piperidine rings is 1. The molecule has 2 unspecified atom stereocenters. The van der Waals surface area contributed by atoms with Gasteiger partial charge in [-0.3, -0.25) is 9.20 Å². The summed E-state index contributed by atoms with van der Waals surface area (Å²) in [6.07, 6.45) is -2.98. The van der Waals surface area contributed by atoms with Crippen LogP contribution in [0, 0.1) is 0 Å². The second kappa shape index (κ2) is 9.72. The first-order valence-corrected chi connectivity index (χ1v) is 15.8. The van der Waals surface area contributed by atoms with Gasteiger partial charge in [-0.15, -0.1) is 0 Å². The Labute approximate surface area is 230 Å². The Balaban J connectivity index is 1.72. The third-order valence-electron chi connectivity index (χ3n) is 7.24. The number of aromatic nitrogens is 3. The number of imidazole rings is 1. The molecule has 1 amide bonds. The zero-order chi connectivity index (χ0) is 28.4. The Hall–Kier alpha value is -2.29. The van der Waals surface area contributed by atoms with Crippen LogP contribution in [0.5, 0.6) is 5.88 Å². The molecule has 0 aromatic carbocycles. The van der Waals surface area contributed by atoms with E-state index in [0.29, 0.717) is 0 Å². The molecule has 1 saturated heterocycles. The lowest BCUT2D eigenvalue weighted by Gasteiger charge is -2.45. The molecule has 0 saturated carbocycles. The Kier molecular flexibility index (Phi) is 7.34. The van der Waals surface area contributed by atoms with E-state index in [4.69, 9.17) is 20.4 Å². The van der Waals surface area contributed by atoms with Gasteiger partial charge in [-0.2, -0.15) is 13.2 Å². The van der Waals surface area contributed by atoms with E-state index in [1.54, 1.807) is 0 Å². The molecule has 2 atom stereocenters. The van der Waals surface area contributed by atoms with E-state index in [1.165, 1.54) is 11.1 Å². The first-order chi connectivity index (χ1) is 17.4. The summed E-state index contributed by atoms with van der Waals surface area (Å²) in [5, 5.41) is 9.79. The van der Waals surface area contributed by atoms with Crippen molar-refractivity contribution in [1.29, 1.82) is 0 Å². The molecular weight excluding hydrogens is 613 g/mol. The van der Waals surface area contributed by atoms with Crippen LogP contribution in [0.2, 0.25) is 23.3 Å². The fraction of sp³-hybridized carbons (Fsp3) is 0.522. The van der Waals surface area contributed by atoms with Gasteiger partial charge in [0.2, 0.25) is 5.88 Å². The fourth-order valence-electron chi connectivity index (χ4n) is 4.25. The standard InChI is InChI=1S/C23H27BrClF3N4O5Si/c1-22(2,3)38(4,5)37-15-10-30(7-6-14(15)32-16(33)11-36-21(32)35)20(34)17-18(25)31-9-12(24)8-13(19(31)29-17)23(26,27)28/h8-9,11,14-15,33H,6-7,10H2,1-5H3. The summed E-state index contributed by atoms with van der Waals surface area (Å²) in [6.45, 7) is 10.2. The Bertz CT molecular complexity index is 1450. The van der Waals surface area contributed by atoms with Gasteiger partial charge in [0.15, 0.2) is 25.9 Å². The van der Waals surface area contributed by atoms with Crippen LogP contribution in [0.25, 0.3) is 5.65 Å². The number of rotatable bonds is 4. The van der Waals surface area contributed by atoms with Crippen LogP contribution < -0.4 is 5.76 Å². The van der Waals surface area contributed by atoms with Gasteiger partial charge in [-0.25, -0.2) is 14.3 Å². The van der Waals surface area contributed by atoms with E-state index in [2.05, 4.69) is 20.9 Å². The van der Waals surface area contributed by atoms with Gasteiger partial charge < -0.3 is 18.8 Å². The lowest BCUT2D eigenvalue weighted by molar-refractivity contribution is -0.136. The number of fused-ring (bicyclic) bond motifs is 1. The molecule has 3 aromatic heterocycles. The Morgan fingerprint density at radius 3 is 2.53 bits per heavy atom. The van der Waals surface area contributed by atoms with E-state index >= 15 is 0 Å². The smallest absolute Gasteiger partial charge is 0.422 e. The average Bonchev–Trinajstić information content (AvgIpc) is 3.29. The van der Waals surface area contributed by atoms with Crippen molar-refractivity contribution in [2.75, 3.05) is 13.1 Å². The molecule has 3 aromatic rings. The predicted molar refractivity (Wildman–Crippen MR) is 139 cm³/mol. The molecular formula is C23H27BrClF3N4O5Si. The third kappa shape index (κ3) is 5.15. The number of amides is 1. The van der Waals surface area contributed by atoms with Crippen LogP contribution in [-0.2, 0) is 10.6 Å². The molecule has 0 spiro atoms. The van der Waals surface area contributed by atoms with Gasteiger partial charge in [-0.1, -0.05) is 32.4 Å². The molecule has 4 heterocycles. The molecule has 4 rings (SSSR count). The highest BCUT2D eigenvalue weighted by molar-refractivity contribution is 9.10. The van der Waals surface area contributed by atoms with E-state index < -0.39 is 49.5 Å². The maximum absolute atomic E-state index is 13.7. The largest absolute Gasteiger partial charge is 0.492 e. The summed E-state index contributed by atoms with van der Waals surface area (Å²) >= 11 is 9.42. The molecule has 0 bridgehead atoms. The summed E-state index contributed by atoms with van der Waals surface area (Å²) < 4.78 is 54.7.